The average Bonchev–Trinajstić information content (AvgIpc) is 2.17. The van der Waals surface area contributed by atoms with Crippen LogP contribution in [0.25, 0.3) is 0 Å². The molecule has 0 radical (unpaired) electrons. The predicted molar refractivity (Wildman–Crippen MR) is 67.2 cm³/mol. The quantitative estimate of drug-likeness (QED) is 0.721. The Balaban J connectivity index is 2.63. The van der Waals surface area contributed by atoms with E-state index in [0.717, 1.165) is 24.5 Å². The molecule has 0 aliphatic carbocycles. The van der Waals surface area contributed by atoms with Crippen LogP contribution in [0.15, 0.2) is 18.3 Å². The number of nitrogens with zero attached hydrogens (tertiary/aromatic N) is 2. The number of aromatic nitrogens is 1. The van der Waals surface area contributed by atoms with Crippen LogP contribution in [0.3, 0.4) is 0 Å². The molecule has 15 heavy (non-hydrogen) atoms. The minimum Gasteiger partial charge on any atom is -0.389 e. The molecule has 0 aromatic carbocycles. The normalized spacial score (nSPS) is 10.3. The van der Waals surface area contributed by atoms with Gasteiger partial charge in [-0.2, -0.15) is 0 Å². The molecule has 0 atom stereocenters. The lowest BCUT2D eigenvalue weighted by atomic mass is 10.2. The maximum Gasteiger partial charge on any atom is 0.136 e. The van der Waals surface area contributed by atoms with Crippen LogP contribution in [0.5, 0.6) is 0 Å². The first-order valence-electron chi connectivity index (χ1n) is 4.74. The molecule has 0 aliphatic rings. The van der Waals surface area contributed by atoms with Crippen molar-refractivity contribution >= 4 is 23.0 Å². The highest BCUT2D eigenvalue weighted by atomic mass is 32.1. The third kappa shape index (κ3) is 3.81. The summed E-state index contributed by atoms with van der Waals surface area (Å²) < 4.78 is 0. The number of likely N-dealkylation sites (N-methyl/N-ethyl adjacent to an activating group) is 1. The van der Waals surface area contributed by atoms with Gasteiger partial charge in [0.1, 0.15) is 10.8 Å². The Kier molecular flexibility index (Phi) is 4.45. The number of rotatable bonds is 5. The van der Waals surface area contributed by atoms with Gasteiger partial charge in [0.05, 0.1) is 5.56 Å². The molecule has 0 saturated heterocycles. The molecule has 4 nitrogen and oxygen atoms in total. The van der Waals surface area contributed by atoms with E-state index in [9.17, 15) is 0 Å². The van der Waals surface area contributed by atoms with Crippen LogP contribution in [0.4, 0.5) is 5.82 Å². The minimum atomic E-state index is 0.371. The highest BCUT2D eigenvalue weighted by Gasteiger charge is 2.04. The third-order valence-corrected chi connectivity index (χ3v) is 2.14. The molecule has 0 bridgehead atoms. The standard InChI is InChI=1S/C10H16N4S/c1-14(2)7-6-13-10-8(9(11)15)4-3-5-12-10/h3-5H,6-7H2,1-2H3,(H2,11,15)(H,12,13). The van der Waals surface area contributed by atoms with Crippen molar-refractivity contribution in [3.05, 3.63) is 23.9 Å². The molecule has 0 unspecified atom stereocenters. The molecule has 0 aliphatic heterocycles. The van der Waals surface area contributed by atoms with E-state index in [1.807, 2.05) is 26.2 Å². The number of nitrogens with two attached hydrogens (primary N) is 1. The summed E-state index contributed by atoms with van der Waals surface area (Å²) in [6.07, 6.45) is 1.72. The molecule has 3 N–H and O–H groups in total. The summed E-state index contributed by atoms with van der Waals surface area (Å²) >= 11 is 4.94. The first-order chi connectivity index (χ1) is 7.11. The lowest BCUT2D eigenvalue weighted by Gasteiger charge is -2.12. The molecule has 1 heterocycles. The summed E-state index contributed by atoms with van der Waals surface area (Å²) in [4.78, 5) is 6.66. The Labute approximate surface area is 95.5 Å². The van der Waals surface area contributed by atoms with E-state index < -0.39 is 0 Å². The van der Waals surface area contributed by atoms with Gasteiger partial charge >= 0.3 is 0 Å². The van der Waals surface area contributed by atoms with Crippen LogP contribution in [0, 0.1) is 0 Å². The molecular weight excluding hydrogens is 208 g/mol. The maximum atomic E-state index is 5.59. The molecule has 0 fully saturated rings. The second kappa shape index (κ2) is 5.63. The number of hydrogen-bond donors (Lipinski definition) is 2. The summed E-state index contributed by atoms with van der Waals surface area (Å²) in [5, 5.41) is 3.21. The van der Waals surface area contributed by atoms with Crippen molar-refractivity contribution in [2.75, 3.05) is 32.5 Å². The van der Waals surface area contributed by atoms with Gasteiger partial charge in [0.2, 0.25) is 0 Å². The predicted octanol–water partition coefficient (Wildman–Crippen LogP) is 0.689. The van der Waals surface area contributed by atoms with Crippen molar-refractivity contribution in [3.8, 4) is 0 Å². The summed E-state index contributed by atoms with van der Waals surface area (Å²) in [5.41, 5.74) is 6.38. The molecule has 1 aromatic heterocycles. The van der Waals surface area contributed by atoms with E-state index in [0.29, 0.717) is 4.99 Å². The summed E-state index contributed by atoms with van der Waals surface area (Å²) in [7, 11) is 4.04. The van der Waals surface area contributed by atoms with Gasteiger partial charge in [-0.1, -0.05) is 12.2 Å². The molecule has 1 aromatic rings. The zero-order valence-corrected chi connectivity index (χ0v) is 9.84. The van der Waals surface area contributed by atoms with Crippen LogP contribution in [-0.4, -0.2) is 42.1 Å². The van der Waals surface area contributed by atoms with Crippen molar-refractivity contribution < 1.29 is 0 Å². The molecule has 5 heteroatoms. The lowest BCUT2D eigenvalue weighted by molar-refractivity contribution is 0.425. The Morgan fingerprint density at radius 1 is 1.60 bits per heavy atom. The Morgan fingerprint density at radius 3 is 2.93 bits per heavy atom. The lowest BCUT2D eigenvalue weighted by Crippen LogP contribution is -2.22. The topological polar surface area (TPSA) is 54.2 Å². The zero-order chi connectivity index (χ0) is 11.3. The fourth-order valence-electron chi connectivity index (χ4n) is 1.14. The molecular formula is C10H16N4S. The Morgan fingerprint density at radius 2 is 2.33 bits per heavy atom. The van der Waals surface area contributed by atoms with Crippen molar-refractivity contribution in [3.63, 3.8) is 0 Å². The van der Waals surface area contributed by atoms with Gasteiger partial charge in [-0.3, -0.25) is 0 Å². The van der Waals surface area contributed by atoms with Gasteiger partial charge in [0.15, 0.2) is 0 Å². The average molecular weight is 224 g/mol. The number of anilines is 1. The number of nitrogens with one attached hydrogen (secondary N) is 1. The van der Waals surface area contributed by atoms with Gasteiger partial charge in [0, 0.05) is 19.3 Å². The zero-order valence-electron chi connectivity index (χ0n) is 9.03. The number of thiocarbonyl (C=S) groups is 1. The van der Waals surface area contributed by atoms with Gasteiger partial charge in [-0.15, -0.1) is 0 Å². The van der Waals surface area contributed by atoms with E-state index in [1.165, 1.54) is 0 Å². The van der Waals surface area contributed by atoms with Crippen LogP contribution >= 0.6 is 12.2 Å². The number of pyridine rings is 1. The molecule has 82 valence electrons. The van der Waals surface area contributed by atoms with Crippen LogP contribution in [0.1, 0.15) is 5.56 Å². The molecule has 1 rings (SSSR count). The highest BCUT2D eigenvalue weighted by molar-refractivity contribution is 7.80. The highest BCUT2D eigenvalue weighted by Crippen LogP contribution is 2.10. The summed E-state index contributed by atoms with van der Waals surface area (Å²) in [6.45, 7) is 1.76. The largest absolute Gasteiger partial charge is 0.389 e. The van der Waals surface area contributed by atoms with E-state index in [1.54, 1.807) is 6.20 Å². The van der Waals surface area contributed by atoms with Crippen molar-refractivity contribution in [1.82, 2.24) is 9.88 Å². The van der Waals surface area contributed by atoms with Gasteiger partial charge < -0.3 is 16.0 Å². The van der Waals surface area contributed by atoms with Gasteiger partial charge in [-0.25, -0.2) is 4.98 Å². The summed E-state index contributed by atoms with van der Waals surface area (Å²) in [6, 6.07) is 3.69. The van der Waals surface area contributed by atoms with Crippen LogP contribution in [0.2, 0.25) is 0 Å². The smallest absolute Gasteiger partial charge is 0.136 e. The van der Waals surface area contributed by atoms with Crippen molar-refractivity contribution in [1.29, 1.82) is 0 Å². The maximum absolute atomic E-state index is 5.59. The van der Waals surface area contributed by atoms with Crippen molar-refractivity contribution in [2.24, 2.45) is 5.73 Å². The second-order valence-corrected chi connectivity index (χ2v) is 3.93. The van der Waals surface area contributed by atoms with Crippen molar-refractivity contribution in [2.45, 2.75) is 0 Å². The van der Waals surface area contributed by atoms with Crippen LogP contribution in [-0.2, 0) is 0 Å². The molecule has 0 saturated carbocycles. The Bertz CT molecular complexity index is 338. The SMILES string of the molecule is CN(C)CCNc1ncccc1C(N)=S. The monoisotopic (exact) mass is 224 g/mol. The van der Waals surface area contributed by atoms with E-state index in [4.69, 9.17) is 18.0 Å². The number of hydrogen-bond acceptors (Lipinski definition) is 4. The van der Waals surface area contributed by atoms with Gasteiger partial charge in [0.25, 0.3) is 0 Å². The summed E-state index contributed by atoms with van der Waals surface area (Å²) in [5.74, 6) is 0.756. The first kappa shape index (κ1) is 11.9. The van der Waals surface area contributed by atoms with Gasteiger partial charge in [-0.05, 0) is 26.2 Å². The minimum absolute atomic E-state index is 0.371. The van der Waals surface area contributed by atoms with E-state index in [-0.39, 0.29) is 0 Å². The van der Waals surface area contributed by atoms with E-state index >= 15 is 0 Å². The fraction of sp³-hybridized carbons (Fsp3) is 0.400. The van der Waals surface area contributed by atoms with E-state index in [2.05, 4.69) is 15.2 Å². The second-order valence-electron chi connectivity index (χ2n) is 3.49. The van der Waals surface area contributed by atoms with Crippen LogP contribution < -0.4 is 11.1 Å². The molecule has 0 spiro atoms. The molecule has 0 amide bonds. The first-order valence-corrected chi connectivity index (χ1v) is 5.15. The Hall–Kier alpha value is -1.20. The third-order valence-electron chi connectivity index (χ3n) is 1.92. The fourth-order valence-corrected chi connectivity index (χ4v) is 1.31.